The Kier molecular flexibility index (Phi) is 6.39. The maximum absolute atomic E-state index is 13.2. The molecule has 0 bridgehead atoms. The number of aromatic nitrogens is 2. The molecule has 0 radical (unpaired) electrons. The van der Waals surface area contributed by atoms with Gasteiger partial charge in [0.05, 0.1) is 12.2 Å². The Morgan fingerprint density at radius 3 is 2.64 bits per heavy atom. The normalized spacial score (nSPS) is 22.4. The molecular weight excluding hydrogens is 350 g/mol. The Morgan fingerprint density at radius 2 is 2.00 bits per heavy atom. The van der Waals surface area contributed by atoms with Crippen LogP contribution >= 0.6 is 0 Å². The van der Waals surface area contributed by atoms with E-state index in [4.69, 9.17) is 11.5 Å². The number of carbonyl (C=O) groups excluding carboxylic acids is 1. The van der Waals surface area contributed by atoms with Crippen LogP contribution in [0.25, 0.3) is 11.3 Å². The van der Waals surface area contributed by atoms with Crippen molar-refractivity contribution in [2.24, 2.45) is 29.4 Å². The maximum atomic E-state index is 13.2. The van der Waals surface area contributed by atoms with Crippen LogP contribution in [0.5, 0.6) is 0 Å². The molecule has 0 spiro atoms. The maximum Gasteiger partial charge on any atom is 0.228 e. The van der Waals surface area contributed by atoms with Crippen molar-refractivity contribution in [3.63, 3.8) is 0 Å². The van der Waals surface area contributed by atoms with Gasteiger partial charge in [0.25, 0.3) is 0 Å². The van der Waals surface area contributed by atoms with E-state index in [-0.39, 0.29) is 11.8 Å². The SMILES string of the molecule is CC1CCC(C(C)C)C(C(=O)Nc2cc(-c3ccc(N)cc3)nn2CCN)C1. The number of hydrogen-bond acceptors (Lipinski definition) is 4. The van der Waals surface area contributed by atoms with Gasteiger partial charge in [-0.15, -0.1) is 0 Å². The first kappa shape index (κ1) is 20.4. The molecule has 1 saturated carbocycles. The van der Waals surface area contributed by atoms with Gasteiger partial charge < -0.3 is 16.8 Å². The van der Waals surface area contributed by atoms with Crippen molar-refractivity contribution >= 4 is 17.4 Å². The molecule has 1 aromatic carbocycles. The predicted octanol–water partition coefficient (Wildman–Crippen LogP) is 3.74. The van der Waals surface area contributed by atoms with E-state index in [1.807, 2.05) is 30.3 Å². The van der Waals surface area contributed by atoms with Crippen LogP contribution in [0.4, 0.5) is 11.5 Å². The third kappa shape index (κ3) is 4.55. The molecule has 1 aliphatic rings. The van der Waals surface area contributed by atoms with Crippen molar-refractivity contribution in [3.05, 3.63) is 30.3 Å². The van der Waals surface area contributed by atoms with E-state index in [2.05, 4.69) is 31.2 Å². The molecule has 28 heavy (non-hydrogen) atoms. The lowest BCUT2D eigenvalue weighted by atomic mass is 9.70. The molecule has 1 aromatic heterocycles. The summed E-state index contributed by atoms with van der Waals surface area (Å²) in [7, 11) is 0. The number of anilines is 2. The van der Waals surface area contributed by atoms with E-state index < -0.39 is 0 Å². The molecule has 1 aliphatic carbocycles. The third-order valence-corrected chi connectivity index (χ3v) is 5.94. The van der Waals surface area contributed by atoms with Gasteiger partial charge >= 0.3 is 0 Å². The molecule has 5 N–H and O–H groups in total. The number of nitrogens with one attached hydrogen (secondary N) is 1. The number of amides is 1. The largest absolute Gasteiger partial charge is 0.399 e. The molecule has 1 fully saturated rings. The van der Waals surface area contributed by atoms with E-state index in [0.29, 0.717) is 42.3 Å². The van der Waals surface area contributed by atoms with Crippen LogP contribution in [0.15, 0.2) is 30.3 Å². The second-order valence-electron chi connectivity index (χ2n) is 8.47. The van der Waals surface area contributed by atoms with Crippen LogP contribution in [-0.2, 0) is 11.3 Å². The molecule has 3 rings (SSSR count). The zero-order valence-electron chi connectivity index (χ0n) is 17.2. The summed E-state index contributed by atoms with van der Waals surface area (Å²) in [6.45, 7) is 7.70. The van der Waals surface area contributed by atoms with E-state index in [9.17, 15) is 4.79 Å². The van der Waals surface area contributed by atoms with E-state index in [1.165, 1.54) is 6.42 Å². The van der Waals surface area contributed by atoms with Gasteiger partial charge in [-0.2, -0.15) is 5.10 Å². The lowest BCUT2D eigenvalue weighted by Gasteiger charge is -2.36. The molecule has 152 valence electrons. The Balaban J connectivity index is 1.83. The van der Waals surface area contributed by atoms with Crippen LogP contribution in [-0.4, -0.2) is 22.2 Å². The van der Waals surface area contributed by atoms with Crippen LogP contribution in [0.1, 0.15) is 40.0 Å². The number of nitrogen functional groups attached to an aromatic ring is 1. The second kappa shape index (κ2) is 8.78. The first-order valence-corrected chi connectivity index (χ1v) is 10.3. The minimum Gasteiger partial charge on any atom is -0.399 e. The zero-order valence-corrected chi connectivity index (χ0v) is 17.2. The molecule has 6 nitrogen and oxygen atoms in total. The minimum atomic E-state index is 0.0463. The summed E-state index contributed by atoms with van der Waals surface area (Å²) in [6.07, 6.45) is 3.28. The summed E-state index contributed by atoms with van der Waals surface area (Å²) in [5.74, 6) is 2.38. The average Bonchev–Trinajstić information content (AvgIpc) is 3.04. The fourth-order valence-corrected chi connectivity index (χ4v) is 4.33. The smallest absolute Gasteiger partial charge is 0.228 e. The highest BCUT2D eigenvalue weighted by atomic mass is 16.2. The molecular formula is C22H33N5O. The Labute approximate surface area is 167 Å². The monoisotopic (exact) mass is 383 g/mol. The highest BCUT2D eigenvalue weighted by molar-refractivity contribution is 5.92. The topological polar surface area (TPSA) is 99.0 Å². The van der Waals surface area contributed by atoms with E-state index >= 15 is 0 Å². The van der Waals surface area contributed by atoms with Crippen molar-refractivity contribution in [1.82, 2.24) is 9.78 Å². The number of hydrogen-bond donors (Lipinski definition) is 3. The molecule has 3 atom stereocenters. The summed E-state index contributed by atoms with van der Waals surface area (Å²) < 4.78 is 1.79. The summed E-state index contributed by atoms with van der Waals surface area (Å²) in [5.41, 5.74) is 14.0. The Morgan fingerprint density at radius 1 is 1.29 bits per heavy atom. The zero-order chi connectivity index (χ0) is 20.3. The number of nitrogens with two attached hydrogens (primary N) is 2. The lowest BCUT2D eigenvalue weighted by molar-refractivity contribution is -0.124. The summed E-state index contributed by atoms with van der Waals surface area (Å²) in [5, 5.41) is 7.80. The molecule has 1 heterocycles. The van der Waals surface area contributed by atoms with Crippen molar-refractivity contribution in [2.45, 2.75) is 46.6 Å². The molecule has 1 amide bonds. The van der Waals surface area contributed by atoms with E-state index in [0.717, 1.165) is 24.1 Å². The van der Waals surface area contributed by atoms with Gasteiger partial charge in [-0.1, -0.05) is 39.3 Å². The van der Waals surface area contributed by atoms with Crippen molar-refractivity contribution in [3.8, 4) is 11.3 Å². The lowest BCUT2D eigenvalue weighted by Crippen LogP contribution is -2.37. The molecule has 0 saturated heterocycles. The number of nitrogens with zero attached hydrogens (tertiary/aromatic N) is 2. The second-order valence-corrected chi connectivity index (χ2v) is 8.47. The highest BCUT2D eigenvalue weighted by Crippen LogP contribution is 2.38. The first-order chi connectivity index (χ1) is 13.4. The minimum absolute atomic E-state index is 0.0463. The van der Waals surface area contributed by atoms with Gasteiger partial charge in [-0.3, -0.25) is 4.79 Å². The van der Waals surface area contributed by atoms with Crippen LogP contribution in [0.2, 0.25) is 0 Å². The molecule has 2 aromatic rings. The average molecular weight is 384 g/mol. The highest BCUT2D eigenvalue weighted by Gasteiger charge is 2.35. The fourth-order valence-electron chi connectivity index (χ4n) is 4.33. The van der Waals surface area contributed by atoms with Gasteiger partial charge in [-0.25, -0.2) is 4.68 Å². The number of rotatable bonds is 6. The summed E-state index contributed by atoms with van der Waals surface area (Å²) in [4.78, 5) is 13.2. The Bertz CT molecular complexity index is 796. The van der Waals surface area contributed by atoms with Gasteiger partial charge in [0.2, 0.25) is 5.91 Å². The molecule has 6 heteroatoms. The van der Waals surface area contributed by atoms with Gasteiger partial charge in [0.1, 0.15) is 5.82 Å². The van der Waals surface area contributed by atoms with Crippen molar-refractivity contribution < 1.29 is 4.79 Å². The van der Waals surface area contributed by atoms with Crippen molar-refractivity contribution in [1.29, 1.82) is 0 Å². The van der Waals surface area contributed by atoms with Crippen LogP contribution in [0, 0.1) is 23.7 Å². The fraction of sp³-hybridized carbons (Fsp3) is 0.545. The molecule has 0 aliphatic heterocycles. The number of carbonyl (C=O) groups is 1. The quantitative estimate of drug-likeness (QED) is 0.662. The third-order valence-electron chi connectivity index (χ3n) is 5.94. The standard InChI is InChI=1S/C22H33N5O/c1-14(2)18-9-4-15(3)12-19(18)22(28)25-21-13-20(26-27(21)11-10-23)16-5-7-17(24)8-6-16/h5-8,13-15,18-19H,4,9-12,23-24H2,1-3H3,(H,25,28). The van der Waals surface area contributed by atoms with Crippen molar-refractivity contribution in [2.75, 3.05) is 17.6 Å². The van der Waals surface area contributed by atoms with Gasteiger partial charge in [0.15, 0.2) is 0 Å². The summed E-state index contributed by atoms with van der Waals surface area (Å²) in [6, 6.07) is 9.51. The summed E-state index contributed by atoms with van der Waals surface area (Å²) >= 11 is 0. The van der Waals surface area contributed by atoms with Crippen LogP contribution < -0.4 is 16.8 Å². The molecule has 3 unspecified atom stereocenters. The van der Waals surface area contributed by atoms with Gasteiger partial charge in [-0.05, 0) is 42.7 Å². The number of benzene rings is 1. The van der Waals surface area contributed by atoms with Crippen LogP contribution in [0.3, 0.4) is 0 Å². The first-order valence-electron chi connectivity index (χ1n) is 10.3. The van der Waals surface area contributed by atoms with E-state index in [1.54, 1.807) is 4.68 Å². The predicted molar refractivity (Wildman–Crippen MR) is 115 cm³/mol. The Hall–Kier alpha value is -2.34. The van der Waals surface area contributed by atoms with Gasteiger partial charge in [0, 0.05) is 29.8 Å².